The fourth-order valence-electron chi connectivity index (χ4n) is 2.30. The molecule has 3 heteroatoms. The first-order chi connectivity index (χ1) is 8.58. The lowest BCUT2D eigenvalue weighted by molar-refractivity contribution is 0.369. The Morgan fingerprint density at radius 2 is 2.06 bits per heavy atom. The zero-order chi connectivity index (χ0) is 13.5. The molecule has 0 saturated carbocycles. The molecule has 0 amide bonds. The molecule has 0 aliphatic heterocycles. The predicted molar refractivity (Wildman–Crippen MR) is 76.4 cm³/mol. The van der Waals surface area contributed by atoms with Gasteiger partial charge in [-0.15, -0.1) is 0 Å². The van der Waals surface area contributed by atoms with Crippen molar-refractivity contribution in [2.45, 2.75) is 52.0 Å². The highest BCUT2D eigenvalue weighted by molar-refractivity contribution is 6.31. The first-order valence-corrected chi connectivity index (χ1v) is 7.15. The van der Waals surface area contributed by atoms with Crippen molar-refractivity contribution in [1.29, 1.82) is 0 Å². The van der Waals surface area contributed by atoms with Crippen LogP contribution >= 0.6 is 11.6 Å². The zero-order valence-electron chi connectivity index (χ0n) is 11.3. The van der Waals surface area contributed by atoms with Crippen molar-refractivity contribution < 1.29 is 4.39 Å². The lowest BCUT2D eigenvalue weighted by Gasteiger charge is -2.23. The highest BCUT2D eigenvalue weighted by Crippen LogP contribution is 2.23. The molecule has 18 heavy (non-hydrogen) atoms. The van der Waals surface area contributed by atoms with Gasteiger partial charge < -0.3 is 5.73 Å². The number of nitrogens with two attached hydrogens (primary N) is 1. The third-order valence-corrected chi connectivity index (χ3v) is 3.88. The average Bonchev–Trinajstić information content (AvgIpc) is 2.34. The minimum absolute atomic E-state index is 0.101. The van der Waals surface area contributed by atoms with E-state index in [0.29, 0.717) is 10.9 Å². The normalized spacial score (nSPS) is 14.5. The Morgan fingerprint density at radius 3 is 2.61 bits per heavy atom. The number of hydrogen-bond donors (Lipinski definition) is 1. The third kappa shape index (κ3) is 4.58. The van der Waals surface area contributed by atoms with Gasteiger partial charge in [-0.1, -0.05) is 50.8 Å². The summed E-state index contributed by atoms with van der Waals surface area (Å²) in [6, 6.07) is 4.64. The minimum Gasteiger partial charge on any atom is -0.327 e. The van der Waals surface area contributed by atoms with Crippen LogP contribution in [0.1, 0.15) is 45.1 Å². The minimum atomic E-state index is -0.296. The Hall–Kier alpha value is -0.600. The Morgan fingerprint density at radius 1 is 1.33 bits per heavy atom. The van der Waals surface area contributed by atoms with Crippen molar-refractivity contribution in [3.05, 3.63) is 34.6 Å². The molecule has 1 rings (SSSR count). The SMILES string of the molecule is CCCCC(CC)C(N)Cc1ccc(F)cc1Cl. The van der Waals surface area contributed by atoms with E-state index in [1.165, 1.54) is 25.0 Å². The maximum absolute atomic E-state index is 13.0. The van der Waals surface area contributed by atoms with E-state index >= 15 is 0 Å². The molecule has 1 nitrogen and oxygen atoms in total. The van der Waals surface area contributed by atoms with Crippen LogP contribution in [0.5, 0.6) is 0 Å². The summed E-state index contributed by atoms with van der Waals surface area (Å²) in [7, 11) is 0. The zero-order valence-corrected chi connectivity index (χ0v) is 12.0. The van der Waals surface area contributed by atoms with E-state index in [4.69, 9.17) is 17.3 Å². The summed E-state index contributed by atoms with van der Waals surface area (Å²) in [6.07, 6.45) is 5.37. The Bertz CT molecular complexity index is 368. The molecule has 0 saturated heterocycles. The topological polar surface area (TPSA) is 26.0 Å². The highest BCUT2D eigenvalue weighted by Gasteiger charge is 2.17. The number of unbranched alkanes of at least 4 members (excludes halogenated alkanes) is 1. The van der Waals surface area contributed by atoms with Crippen molar-refractivity contribution in [3.8, 4) is 0 Å². The van der Waals surface area contributed by atoms with Crippen LogP contribution in [0.3, 0.4) is 0 Å². The van der Waals surface area contributed by atoms with Gasteiger partial charge in [0.25, 0.3) is 0 Å². The first kappa shape index (κ1) is 15.5. The van der Waals surface area contributed by atoms with Gasteiger partial charge in [0, 0.05) is 11.1 Å². The molecule has 0 spiro atoms. The van der Waals surface area contributed by atoms with Gasteiger partial charge in [-0.3, -0.25) is 0 Å². The molecule has 0 radical (unpaired) electrons. The van der Waals surface area contributed by atoms with Crippen molar-refractivity contribution >= 4 is 11.6 Å². The predicted octanol–water partition coefficient (Wildman–Crippen LogP) is 4.57. The second-order valence-corrected chi connectivity index (χ2v) is 5.32. The maximum atomic E-state index is 13.0. The number of rotatable bonds is 7. The van der Waals surface area contributed by atoms with Crippen LogP contribution in [0.2, 0.25) is 5.02 Å². The van der Waals surface area contributed by atoms with Gasteiger partial charge in [0.1, 0.15) is 5.82 Å². The molecule has 2 N–H and O–H groups in total. The molecular formula is C15H23ClFN. The van der Waals surface area contributed by atoms with Crippen molar-refractivity contribution in [3.63, 3.8) is 0 Å². The fourth-order valence-corrected chi connectivity index (χ4v) is 2.54. The molecule has 0 aliphatic carbocycles. The summed E-state index contributed by atoms with van der Waals surface area (Å²) in [5.74, 6) is 0.224. The quantitative estimate of drug-likeness (QED) is 0.773. The molecule has 1 aromatic rings. The van der Waals surface area contributed by atoms with E-state index in [0.717, 1.165) is 24.8 Å². The standard InChI is InChI=1S/C15H23ClFN/c1-3-5-6-11(4-2)15(18)9-12-7-8-13(17)10-14(12)16/h7-8,10-11,15H,3-6,9,18H2,1-2H3. The molecule has 2 unspecified atom stereocenters. The molecule has 2 atom stereocenters. The highest BCUT2D eigenvalue weighted by atomic mass is 35.5. The molecule has 1 aromatic carbocycles. The van der Waals surface area contributed by atoms with Gasteiger partial charge in [-0.2, -0.15) is 0 Å². The van der Waals surface area contributed by atoms with E-state index in [1.54, 1.807) is 6.07 Å². The summed E-state index contributed by atoms with van der Waals surface area (Å²) in [5.41, 5.74) is 7.20. The molecule has 0 fully saturated rings. The molecule has 0 aliphatic rings. The molecule has 0 bridgehead atoms. The molecule has 102 valence electrons. The monoisotopic (exact) mass is 271 g/mol. The fraction of sp³-hybridized carbons (Fsp3) is 0.600. The van der Waals surface area contributed by atoms with E-state index in [1.807, 2.05) is 0 Å². The second kappa shape index (κ2) is 7.75. The van der Waals surface area contributed by atoms with Gasteiger partial charge >= 0.3 is 0 Å². The van der Waals surface area contributed by atoms with Crippen molar-refractivity contribution in [1.82, 2.24) is 0 Å². The van der Waals surface area contributed by atoms with Gasteiger partial charge in [0.05, 0.1) is 0 Å². The lowest BCUT2D eigenvalue weighted by atomic mass is 9.88. The third-order valence-electron chi connectivity index (χ3n) is 3.53. The number of hydrogen-bond acceptors (Lipinski definition) is 1. The van der Waals surface area contributed by atoms with Crippen molar-refractivity contribution in [2.75, 3.05) is 0 Å². The largest absolute Gasteiger partial charge is 0.327 e. The Kier molecular flexibility index (Phi) is 6.66. The second-order valence-electron chi connectivity index (χ2n) is 4.91. The lowest BCUT2D eigenvalue weighted by Crippen LogP contribution is -2.32. The van der Waals surface area contributed by atoms with Gasteiger partial charge in [0.2, 0.25) is 0 Å². The van der Waals surface area contributed by atoms with Crippen LogP contribution in [0.15, 0.2) is 18.2 Å². The van der Waals surface area contributed by atoms with Crippen LogP contribution in [0.4, 0.5) is 4.39 Å². The van der Waals surface area contributed by atoms with Gasteiger partial charge in [-0.05, 0) is 36.5 Å². The van der Waals surface area contributed by atoms with Crippen LogP contribution in [-0.4, -0.2) is 6.04 Å². The summed E-state index contributed by atoms with van der Waals surface area (Å²) in [5, 5.41) is 0.482. The number of halogens is 2. The first-order valence-electron chi connectivity index (χ1n) is 6.78. The average molecular weight is 272 g/mol. The van der Waals surface area contributed by atoms with E-state index in [-0.39, 0.29) is 11.9 Å². The van der Waals surface area contributed by atoms with E-state index in [2.05, 4.69) is 13.8 Å². The Balaban J connectivity index is 2.64. The van der Waals surface area contributed by atoms with E-state index < -0.39 is 0 Å². The van der Waals surface area contributed by atoms with Gasteiger partial charge in [0.15, 0.2) is 0 Å². The van der Waals surface area contributed by atoms with E-state index in [9.17, 15) is 4.39 Å². The van der Waals surface area contributed by atoms with Crippen LogP contribution in [-0.2, 0) is 6.42 Å². The summed E-state index contributed by atoms with van der Waals surface area (Å²) in [4.78, 5) is 0. The van der Waals surface area contributed by atoms with Crippen molar-refractivity contribution in [2.24, 2.45) is 11.7 Å². The summed E-state index contributed by atoms with van der Waals surface area (Å²) >= 11 is 6.03. The molecule has 0 heterocycles. The number of benzene rings is 1. The molecular weight excluding hydrogens is 249 g/mol. The van der Waals surface area contributed by atoms with Crippen LogP contribution in [0, 0.1) is 11.7 Å². The smallest absolute Gasteiger partial charge is 0.124 e. The molecule has 0 aromatic heterocycles. The maximum Gasteiger partial charge on any atom is 0.124 e. The van der Waals surface area contributed by atoms with Crippen LogP contribution < -0.4 is 5.73 Å². The van der Waals surface area contributed by atoms with Gasteiger partial charge in [-0.25, -0.2) is 4.39 Å². The summed E-state index contributed by atoms with van der Waals surface area (Å²) in [6.45, 7) is 4.36. The summed E-state index contributed by atoms with van der Waals surface area (Å²) < 4.78 is 13.0. The Labute approximate surface area is 115 Å². The van der Waals surface area contributed by atoms with Crippen LogP contribution in [0.25, 0.3) is 0 Å².